The highest BCUT2D eigenvalue weighted by molar-refractivity contribution is 6.29. The predicted molar refractivity (Wildman–Crippen MR) is 95.0 cm³/mol. The lowest BCUT2D eigenvalue weighted by molar-refractivity contribution is 0.702. The van der Waals surface area contributed by atoms with Crippen LogP contribution in [0.2, 0.25) is 5.28 Å². The minimum absolute atomic E-state index is 0.197. The molecule has 0 atom stereocenters. The normalized spacial score (nSPS) is 11.4. The van der Waals surface area contributed by atoms with Crippen LogP contribution in [0.1, 0.15) is 22.3 Å². The number of benzene rings is 1. The van der Waals surface area contributed by atoms with Gasteiger partial charge in [0.1, 0.15) is 0 Å². The first kappa shape index (κ1) is 16.5. The lowest BCUT2D eigenvalue weighted by atomic mass is 10.00. The number of halogens is 1. The Balaban J connectivity index is 2.31. The van der Waals surface area contributed by atoms with Crippen molar-refractivity contribution in [3.8, 4) is 0 Å². The summed E-state index contributed by atoms with van der Waals surface area (Å²) in [7, 11) is 3.04. The van der Waals surface area contributed by atoms with E-state index in [9.17, 15) is 9.59 Å². The summed E-state index contributed by atoms with van der Waals surface area (Å²) in [6.07, 6.45) is 0. The van der Waals surface area contributed by atoms with Crippen LogP contribution < -0.4 is 11.2 Å². The molecule has 3 aromatic rings. The molecule has 0 saturated heterocycles. The van der Waals surface area contributed by atoms with Gasteiger partial charge < -0.3 is 4.57 Å². The van der Waals surface area contributed by atoms with Gasteiger partial charge in [-0.2, -0.15) is 4.98 Å². The lowest BCUT2D eigenvalue weighted by Gasteiger charge is -2.13. The zero-order chi connectivity index (χ0) is 17.8. The van der Waals surface area contributed by atoms with Gasteiger partial charge in [0.15, 0.2) is 11.2 Å². The summed E-state index contributed by atoms with van der Waals surface area (Å²) in [6, 6.07) is 4.20. The van der Waals surface area contributed by atoms with Crippen LogP contribution >= 0.6 is 11.6 Å². The lowest BCUT2D eigenvalue weighted by Crippen LogP contribution is -2.37. The molecule has 0 spiro atoms. The summed E-state index contributed by atoms with van der Waals surface area (Å²) in [5.41, 5.74) is 4.37. The molecular weight excluding hydrogens is 328 g/mol. The van der Waals surface area contributed by atoms with Gasteiger partial charge in [0.2, 0.25) is 5.28 Å². The van der Waals surface area contributed by atoms with Gasteiger partial charge in [-0.15, -0.1) is 0 Å². The Hall–Kier alpha value is -2.34. The van der Waals surface area contributed by atoms with Crippen LogP contribution in [-0.2, 0) is 20.6 Å². The zero-order valence-electron chi connectivity index (χ0n) is 14.3. The van der Waals surface area contributed by atoms with Crippen molar-refractivity contribution in [3.63, 3.8) is 0 Å². The Labute approximate surface area is 143 Å². The topological polar surface area (TPSA) is 61.8 Å². The van der Waals surface area contributed by atoms with Gasteiger partial charge in [-0.1, -0.05) is 17.7 Å². The molecule has 0 aliphatic heterocycles. The van der Waals surface area contributed by atoms with Crippen LogP contribution in [0.3, 0.4) is 0 Å². The molecule has 0 N–H and O–H groups in total. The van der Waals surface area contributed by atoms with Gasteiger partial charge >= 0.3 is 5.69 Å². The molecule has 0 bridgehead atoms. The van der Waals surface area contributed by atoms with Gasteiger partial charge in [0.25, 0.3) is 5.56 Å². The maximum Gasteiger partial charge on any atom is 0.332 e. The van der Waals surface area contributed by atoms with E-state index in [0.29, 0.717) is 17.7 Å². The van der Waals surface area contributed by atoms with Crippen LogP contribution in [0.15, 0.2) is 21.7 Å². The molecule has 0 amide bonds. The maximum absolute atomic E-state index is 12.6. The fourth-order valence-corrected chi connectivity index (χ4v) is 3.41. The molecule has 126 valence electrons. The highest BCUT2D eigenvalue weighted by Crippen LogP contribution is 2.22. The van der Waals surface area contributed by atoms with Crippen molar-refractivity contribution < 1.29 is 0 Å². The zero-order valence-corrected chi connectivity index (χ0v) is 15.1. The monoisotopic (exact) mass is 346 g/mol. The Kier molecular flexibility index (Phi) is 3.87. The molecule has 3 rings (SSSR count). The van der Waals surface area contributed by atoms with Crippen molar-refractivity contribution in [2.75, 3.05) is 0 Å². The summed E-state index contributed by atoms with van der Waals surface area (Å²) >= 11 is 6.29. The van der Waals surface area contributed by atoms with Crippen molar-refractivity contribution in [2.45, 2.75) is 27.3 Å². The minimum atomic E-state index is -0.420. The molecule has 0 aliphatic rings. The molecule has 0 unspecified atom stereocenters. The molecule has 0 saturated carbocycles. The second-order valence-corrected chi connectivity index (χ2v) is 6.56. The molecule has 1 aromatic carbocycles. The van der Waals surface area contributed by atoms with Gasteiger partial charge in [0, 0.05) is 14.1 Å². The molecule has 0 fully saturated rings. The van der Waals surface area contributed by atoms with Crippen molar-refractivity contribution in [1.82, 2.24) is 18.7 Å². The van der Waals surface area contributed by atoms with Gasteiger partial charge in [0.05, 0.1) is 6.54 Å². The first-order valence-corrected chi connectivity index (χ1v) is 7.98. The van der Waals surface area contributed by atoms with E-state index < -0.39 is 11.2 Å². The van der Waals surface area contributed by atoms with E-state index in [1.807, 2.05) is 13.8 Å². The fraction of sp³-hybridized carbons (Fsp3) is 0.353. The van der Waals surface area contributed by atoms with Crippen LogP contribution in [0.25, 0.3) is 11.2 Å². The summed E-state index contributed by atoms with van der Waals surface area (Å²) in [4.78, 5) is 28.9. The van der Waals surface area contributed by atoms with E-state index in [0.717, 1.165) is 21.3 Å². The number of imidazole rings is 1. The van der Waals surface area contributed by atoms with Crippen molar-refractivity contribution in [3.05, 3.63) is 60.5 Å². The minimum Gasteiger partial charge on any atom is -0.304 e. The van der Waals surface area contributed by atoms with Crippen molar-refractivity contribution >= 4 is 22.8 Å². The van der Waals surface area contributed by atoms with Gasteiger partial charge in [-0.25, -0.2) is 4.79 Å². The van der Waals surface area contributed by atoms with E-state index in [4.69, 9.17) is 11.6 Å². The summed E-state index contributed by atoms with van der Waals surface area (Å²) < 4.78 is 4.09. The third kappa shape index (κ3) is 2.38. The van der Waals surface area contributed by atoms with E-state index in [1.165, 1.54) is 17.2 Å². The molecule has 2 heterocycles. The molecule has 0 radical (unpaired) electrons. The molecule has 6 nitrogen and oxygen atoms in total. The SMILES string of the molecule is Cc1cc(C)c(Cn2c(Cl)nc3c2c(=O)n(C)c(=O)n3C)c(C)c1. The van der Waals surface area contributed by atoms with E-state index in [-0.39, 0.29) is 5.28 Å². The molecular formula is C17H19ClN4O2. The standard InChI is InChI=1S/C17H19ClN4O2/c1-9-6-10(2)12(11(3)7-9)8-22-13-14(19-16(22)18)20(4)17(24)21(5)15(13)23/h6-7H,8H2,1-5H3. The third-order valence-corrected chi connectivity index (χ3v) is 4.75. The number of nitrogens with zero attached hydrogens (tertiary/aromatic N) is 4. The van der Waals surface area contributed by atoms with Crippen LogP contribution in [0.5, 0.6) is 0 Å². The van der Waals surface area contributed by atoms with Crippen molar-refractivity contribution in [2.24, 2.45) is 14.1 Å². The number of aryl methyl sites for hydroxylation is 4. The number of fused-ring (bicyclic) bond motifs is 1. The van der Waals surface area contributed by atoms with Gasteiger partial charge in [-0.05, 0) is 49.1 Å². The first-order chi connectivity index (χ1) is 11.2. The highest BCUT2D eigenvalue weighted by atomic mass is 35.5. The Bertz CT molecular complexity index is 1070. The first-order valence-electron chi connectivity index (χ1n) is 7.60. The van der Waals surface area contributed by atoms with E-state index in [1.54, 1.807) is 11.6 Å². The fourth-order valence-electron chi connectivity index (χ4n) is 3.18. The number of hydrogen-bond acceptors (Lipinski definition) is 3. The van der Waals surface area contributed by atoms with Crippen molar-refractivity contribution in [1.29, 1.82) is 0 Å². The molecule has 24 heavy (non-hydrogen) atoms. The van der Waals surface area contributed by atoms with Crippen LogP contribution in [-0.4, -0.2) is 18.7 Å². The predicted octanol–water partition coefficient (Wildman–Crippen LogP) is 2.06. The highest BCUT2D eigenvalue weighted by Gasteiger charge is 2.19. The summed E-state index contributed by atoms with van der Waals surface area (Å²) in [5.74, 6) is 0. The largest absolute Gasteiger partial charge is 0.332 e. The number of aromatic nitrogens is 4. The molecule has 0 aliphatic carbocycles. The summed E-state index contributed by atoms with van der Waals surface area (Å²) in [5, 5.41) is 0.197. The maximum atomic E-state index is 12.6. The van der Waals surface area contributed by atoms with E-state index in [2.05, 4.69) is 24.0 Å². The Morgan fingerprint density at radius 3 is 2.21 bits per heavy atom. The molecule has 7 heteroatoms. The second-order valence-electron chi connectivity index (χ2n) is 6.22. The van der Waals surface area contributed by atoms with Crippen LogP contribution in [0.4, 0.5) is 0 Å². The third-order valence-electron chi connectivity index (χ3n) is 4.46. The Morgan fingerprint density at radius 2 is 1.62 bits per heavy atom. The van der Waals surface area contributed by atoms with Gasteiger partial charge in [-0.3, -0.25) is 13.9 Å². The number of hydrogen-bond donors (Lipinski definition) is 0. The average Bonchev–Trinajstić information content (AvgIpc) is 2.83. The molecule has 2 aromatic heterocycles. The quantitative estimate of drug-likeness (QED) is 0.667. The smallest absolute Gasteiger partial charge is 0.304 e. The summed E-state index contributed by atoms with van der Waals surface area (Å²) in [6.45, 7) is 6.56. The second kappa shape index (κ2) is 5.63. The number of rotatable bonds is 2. The average molecular weight is 347 g/mol. The van der Waals surface area contributed by atoms with E-state index >= 15 is 0 Å². The Morgan fingerprint density at radius 1 is 1.04 bits per heavy atom. The van der Waals surface area contributed by atoms with Crippen LogP contribution in [0, 0.1) is 20.8 Å².